The van der Waals surface area contributed by atoms with Crippen molar-refractivity contribution >= 4 is 17.4 Å². The largest absolute Gasteiger partial charge is 0.368 e. The van der Waals surface area contributed by atoms with Crippen molar-refractivity contribution in [2.75, 3.05) is 23.7 Å². The number of imidazole rings is 1. The number of anilines is 2. The van der Waals surface area contributed by atoms with E-state index in [9.17, 15) is 0 Å². The second kappa shape index (κ2) is 6.10. The lowest BCUT2D eigenvalue weighted by Gasteiger charge is -2.10. The Morgan fingerprint density at radius 1 is 1.23 bits per heavy atom. The molecule has 22 heavy (non-hydrogen) atoms. The minimum absolute atomic E-state index is 0.551. The summed E-state index contributed by atoms with van der Waals surface area (Å²) in [5, 5.41) is 15.2. The number of hydrogen-bond acceptors (Lipinski definition) is 6. The third-order valence-electron chi connectivity index (χ3n) is 3.12. The molecule has 0 aliphatic carbocycles. The molecule has 0 spiro atoms. The second-order valence-electron chi connectivity index (χ2n) is 4.77. The van der Waals surface area contributed by atoms with Crippen LogP contribution < -0.4 is 10.6 Å². The quantitative estimate of drug-likeness (QED) is 0.697. The van der Waals surface area contributed by atoms with Gasteiger partial charge >= 0.3 is 0 Å². The van der Waals surface area contributed by atoms with Crippen LogP contribution in [-0.4, -0.2) is 32.4 Å². The Labute approximate surface area is 127 Å². The Bertz CT molecular complexity index is 814. The molecule has 3 aromatic heterocycles. The lowest BCUT2D eigenvalue weighted by atomic mass is 10.3. The summed E-state index contributed by atoms with van der Waals surface area (Å²) in [5.41, 5.74) is 2.34. The molecule has 110 valence electrons. The lowest BCUT2D eigenvalue weighted by Crippen LogP contribution is -2.16. The van der Waals surface area contributed by atoms with Gasteiger partial charge in [0, 0.05) is 43.4 Å². The number of nitrogens with one attached hydrogen (secondary N) is 2. The third kappa shape index (κ3) is 2.96. The smallest absolute Gasteiger partial charge is 0.208 e. The van der Waals surface area contributed by atoms with Crippen molar-refractivity contribution in [2.24, 2.45) is 0 Å². The van der Waals surface area contributed by atoms with Gasteiger partial charge in [-0.2, -0.15) is 5.26 Å². The average molecular weight is 293 g/mol. The van der Waals surface area contributed by atoms with Crippen LogP contribution in [0.5, 0.6) is 0 Å². The summed E-state index contributed by atoms with van der Waals surface area (Å²) in [5.74, 6) is 1.51. The van der Waals surface area contributed by atoms with Gasteiger partial charge in [0.15, 0.2) is 0 Å². The van der Waals surface area contributed by atoms with Crippen LogP contribution in [0.15, 0.2) is 36.8 Å². The first kappa shape index (κ1) is 13.8. The monoisotopic (exact) mass is 293 g/mol. The molecular formula is C15H15N7. The molecule has 0 fully saturated rings. The van der Waals surface area contributed by atoms with Crippen molar-refractivity contribution < 1.29 is 0 Å². The second-order valence-corrected chi connectivity index (χ2v) is 4.77. The Balaban J connectivity index is 1.58. The van der Waals surface area contributed by atoms with Crippen LogP contribution in [0, 0.1) is 18.3 Å². The molecule has 0 saturated carbocycles. The summed E-state index contributed by atoms with van der Waals surface area (Å²) in [6.45, 7) is 3.31. The van der Waals surface area contributed by atoms with Gasteiger partial charge in [0.05, 0.1) is 5.56 Å². The molecule has 3 rings (SSSR count). The molecule has 0 saturated heterocycles. The summed E-state index contributed by atoms with van der Waals surface area (Å²) in [6.07, 6.45) is 5.17. The normalized spacial score (nSPS) is 10.4. The van der Waals surface area contributed by atoms with Crippen molar-refractivity contribution in [1.29, 1.82) is 5.26 Å². The number of aromatic nitrogens is 4. The summed E-state index contributed by atoms with van der Waals surface area (Å²) >= 11 is 0. The molecule has 0 bridgehead atoms. The van der Waals surface area contributed by atoms with E-state index in [0.29, 0.717) is 18.7 Å². The molecule has 7 heteroatoms. The van der Waals surface area contributed by atoms with Crippen LogP contribution in [0.3, 0.4) is 0 Å². The number of nitriles is 1. The predicted molar refractivity (Wildman–Crippen MR) is 83.7 cm³/mol. The zero-order valence-electron chi connectivity index (χ0n) is 12.1. The van der Waals surface area contributed by atoms with Crippen LogP contribution in [0.25, 0.3) is 5.65 Å². The van der Waals surface area contributed by atoms with E-state index < -0.39 is 0 Å². The molecule has 0 aliphatic heterocycles. The maximum Gasteiger partial charge on any atom is 0.208 e. The van der Waals surface area contributed by atoms with Gasteiger partial charge in [-0.05, 0) is 19.1 Å². The summed E-state index contributed by atoms with van der Waals surface area (Å²) < 4.78 is 1.91. The zero-order valence-corrected chi connectivity index (χ0v) is 12.1. The fraction of sp³-hybridized carbons (Fsp3) is 0.200. The minimum Gasteiger partial charge on any atom is -0.368 e. The van der Waals surface area contributed by atoms with E-state index in [1.54, 1.807) is 24.5 Å². The van der Waals surface area contributed by atoms with Gasteiger partial charge in [-0.1, -0.05) is 0 Å². The van der Waals surface area contributed by atoms with Crippen molar-refractivity contribution in [2.45, 2.75) is 6.92 Å². The highest BCUT2D eigenvalue weighted by molar-refractivity contribution is 5.47. The van der Waals surface area contributed by atoms with Gasteiger partial charge in [0.2, 0.25) is 5.95 Å². The van der Waals surface area contributed by atoms with Crippen LogP contribution in [-0.2, 0) is 0 Å². The average Bonchev–Trinajstić information content (AvgIpc) is 3.00. The van der Waals surface area contributed by atoms with E-state index in [4.69, 9.17) is 5.26 Å². The first-order chi connectivity index (χ1) is 10.8. The minimum atomic E-state index is 0.551. The first-order valence-corrected chi connectivity index (χ1v) is 6.91. The predicted octanol–water partition coefficient (Wildman–Crippen LogP) is 1.83. The highest BCUT2D eigenvalue weighted by Gasteiger charge is 2.03. The van der Waals surface area contributed by atoms with Crippen molar-refractivity contribution in [1.82, 2.24) is 19.4 Å². The standard InChI is InChI=1S/C15H15N7/c1-11-8-14-18-6-7-22(14)15(21-11)19-5-4-17-13-3-2-12(9-16)10-20-13/h2-3,6-8,10H,4-5H2,1H3,(H,17,20)(H,19,21). The summed E-state index contributed by atoms with van der Waals surface area (Å²) in [6, 6.07) is 7.50. The first-order valence-electron chi connectivity index (χ1n) is 6.91. The zero-order chi connectivity index (χ0) is 15.4. The summed E-state index contributed by atoms with van der Waals surface area (Å²) in [7, 11) is 0. The number of rotatable bonds is 5. The number of aryl methyl sites for hydroxylation is 1. The number of nitrogens with zero attached hydrogens (tertiary/aromatic N) is 5. The van der Waals surface area contributed by atoms with Crippen molar-refractivity contribution in [3.63, 3.8) is 0 Å². The van der Waals surface area contributed by atoms with Crippen LogP contribution in [0.2, 0.25) is 0 Å². The molecular weight excluding hydrogens is 278 g/mol. The van der Waals surface area contributed by atoms with Crippen LogP contribution >= 0.6 is 0 Å². The van der Waals surface area contributed by atoms with E-state index >= 15 is 0 Å². The molecule has 0 atom stereocenters. The molecule has 7 nitrogen and oxygen atoms in total. The third-order valence-corrected chi connectivity index (χ3v) is 3.12. The van der Waals surface area contributed by atoms with E-state index in [1.165, 1.54) is 0 Å². The molecule has 2 N–H and O–H groups in total. The summed E-state index contributed by atoms with van der Waals surface area (Å²) in [4.78, 5) is 12.9. The fourth-order valence-corrected chi connectivity index (χ4v) is 2.10. The van der Waals surface area contributed by atoms with E-state index in [-0.39, 0.29) is 0 Å². The highest BCUT2D eigenvalue weighted by Crippen LogP contribution is 2.10. The number of pyridine rings is 1. The van der Waals surface area contributed by atoms with Gasteiger partial charge in [-0.15, -0.1) is 0 Å². The van der Waals surface area contributed by atoms with E-state index in [2.05, 4.69) is 25.6 Å². The van der Waals surface area contributed by atoms with Crippen LogP contribution in [0.4, 0.5) is 11.8 Å². The Morgan fingerprint density at radius 3 is 2.86 bits per heavy atom. The van der Waals surface area contributed by atoms with Crippen molar-refractivity contribution in [3.8, 4) is 6.07 Å². The van der Waals surface area contributed by atoms with Gasteiger partial charge in [0.1, 0.15) is 17.5 Å². The van der Waals surface area contributed by atoms with Crippen molar-refractivity contribution in [3.05, 3.63) is 48.0 Å². The molecule has 0 amide bonds. The maximum atomic E-state index is 8.73. The van der Waals surface area contributed by atoms with Gasteiger partial charge in [0.25, 0.3) is 0 Å². The molecule has 3 aromatic rings. The maximum absolute atomic E-state index is 8.73. The van der Waals surface area contributed by atoms with Crippen LogP contribution in [0.1, 0.15) is 11.3 Å². The molecule has 0 aromatic carbocycles. The molecule has 0 unspecified atom stereocenters. The van der Waals surface area contributed by atoms with E-state index in [1.807, 2.05) is 29.7 Å². The lowest BCUT2D eigenvalue weighted by molar-refractivity contribution is 0.979. The Morgan fingerprint density at radius 2 is 2.09 bits per heavy atom. The SMILES string of the molecule is Cc1cc2nccn2c(NCCNc2ccc(C#N)cn2)n1. The topological polar surface area (TPSA) is 90.9 Å². The van der Waals surface area contributed by atoms with E-state index in [0.717, 1.165) is 23.1 Å². The Hall–Kier alpha value is -3.14. The highest BCUT2D eigenvalue weighted by atomic mass is 15.2. The fourth-order valence-electron chi connectivity index (χ4n) is 2.10. The number of hydrogen-bond donors (Lipinski definition) is 2. The van der Waals surface area contributed by atoms with Gasteiger partial charge in [-0.25, -0.2) is 15.0 Å². The molecule has 0 aliphatic rings. The van der Waals surface area contributed by atoms with Gasteiger partial charge in [-0.3, -0.25) is 4.40 Å². The Kier molecular flexibility index (Phi) is 3.83. The van der Waals surface area contributed by atoms with Gasteiger partial charge < -0.3 is 10.6 Å². The molecule has 3 heterocycles. The molecule has 0 radical (unpaired) electrons. The number of fused-ring (bicyclic) bond motifs is 1.